The van der Waals surface area contributed by atoms with Crippen molar-refractivity contribution in [3.8, 4) is 0 Å². The maximum absolute atomic E-state index is 14.2. The van der Waals surface area contributed by atoms with E-state index in [9.17, 15) is 72.4 Å². The van der Waals surface area contributed by atoms with E-state index in [-0.39, 0.29) is 115 Å². The first-order valence-corrected chi connectivity index (χ1v) is 51.3. The van der Waals surface area contributed by atoms with E-state index in [0.29, 0.717) is 66.2 Å². The molecule has 11 aliphatic rings. The second kappa shape index (κ2) is 49.1. The fraction of sp³-hybridized carbons (Fsp3) is 0.771. The Bertz CT molecular complexity index is 4890. The van der Waals surface area contributed by atoms with Crippen LogP contribution in [0, 0.1) is 64.1 Å². The van der Waals surface area contributed by atoms with Gasteiger partial charge in [-0.15, -0.1) is 0 Å². The van der Waals surface area contributed by atoms with Crippen molar-refractivity contribution < 1.29 is 115 Å². The number of aromatic nitrogens is 6. The second-order valence-corrected chi connectivity index (χ2v) is 48.2. The number of nitrogens with zero attached hydrogens (tertiary/aromatic N) is 8. The summed E-state index contributed by atoms with van der Waals surface area (Å²) in [5.74, 6) is -6.52. The van der Waals surface area contributed by atoms with Crippen molar-refractivity contribution >= 4 is 138 Å². The number of nitrogens with two attached hydrogens (primary N) is 2. The van der Waals surface area contributed by atoms with E-state index < -0.39 is 161 Å². The molecular weight excluding hydrogens is 1910 g/mol. The Morgan fingerprint density at radius 2 is 0.888 bits per heavy atom. The topological polar surface area (TPSA) is 543 Å². The summed E-state index contributed by atoms with van der Waals surface area (Å²) in [5.41, 5.74) is 10.5. The molecule has 47 heteroatoms. The summed E-state index contributed by atoms with van der Waals surface area (Å²) in [6.45, 7) is 51.9. The Morgan fingerprint density at radius 1 is 0.517 bits per heavy atom. The van der Waals surface area contributed by atoms with Gasteiger partial charge in [0, 0.05) is 63.2 Å². The molecule has 0 aromatic carbocycles. The smallest absolute Gasteiger partial charge is 0.480 e. The van der Waals surface area contributed by atoms with Crippen molar-refractivity contribution in [2.75, 3.05) is 19.6 Å². The molecule has 8 amide bonds. The van der Waals surface area contributed by atoms with E-state index in [1.807, 2.05) is 37.5 Å². The number of hydrogen-bond donors (Lipinski definition) is 11. The maximum Gasteiger partial charge on any atom is 0.481 e. The van der Waals surface area contributed by atoms with E-state index in [1.54, 1.807) is 103 Å². The lowest BCUT2D eigenvalue weighted by Crippen LogP contribution is -2.63. The average Bonchev–Trinajstić information content (AvgIpc) is 1.58. The molecular formula is C96H157B4Cl3N16O24. The second-order valence-electron chi connectivity index (χ2n) is 46.3. The van der Waals surface area contributed by atoms with Gasteiger partial charge < -0.3 is 110 Å². The Morgan fingerprint density at radius 3 is 1.24 bits per heavy atom. The number of likely N-dealkylation sites (tertiary alicyclic amines) is 3. The van der Waals surface area contributed by atoms with Gasteiger partial charge in [0.15, 0.2) is 0 Å². The summed E-state index contributed by atoms with van der Waals surface area (Å²) in [4.78, 5) is 185. The summed E-state index contributed by atoms with van der Waals surface area (Å²) in [7, 11) is -2.45. The number of esters is 2. The summed E-state index contributed by atoms with van der Waals surface area (Å²) < 4.78 is 50.0. The first-order valence-electron chi connectivity index (χ1n) is 50.0. The van der Waals surface area contributed by atoms with Crippen molar-refractivity contribution in [1.82, 2.24) is 70.4 Å². The lowest BCUT2D eigenvalue weighted by Gasteiger charge is -2.63. The fourth-order valence-corrected chi connectivity index (χ4v) is 20.2. The molecule has 5 aliphatic heterocycles. The van der Waals surface area contributed by atoms with Crippen LogP contribution in [-0.4, -0.2) is 288 Å². The van der Waals surface area contributed by atoms with Crippen molar-refractivity contribution in [3.63, 3.8) is 0 Å². The monoisotopic (exact) mass is 2070 g/mol. The quantitative estimate of drug-likeness (QED) is 0.0169. The average molecular weight is 2070 g/mol. The van der Waals surface area contributed by atoms with Crippen LogP contribution >= 0.6 is 34.4 Å². The SMILES string of the molecule is CC(C)C(N)C(=O)N1CCCC1B1OC2C3CC(C[C@]2(C)O1)C3(C)C.CC(NC(=O)C(CC(=O)OC(C)(C)C)Cc1cn(C(=O)OC(C)(C)C)cn1)C(=O)NC(C(=O)N1CCCC1B1OC2C3CC(C[C@]2(C)O1)C3(C)C)C(C)C.CC(NC(=O)C(CC(=O)OC(C)(C)C)Cc1cn(C(=O)OC(C)(C)C)cn1)C(=O)O.CC(NC(=O)C(N)Cc1cnc[nH]1)C(=O)NC(C(=O)N1CCCC1B(O)O)C(C)C.ClB(Cl)Cl. The van der Waals surface area contributed by atoms with E-state index in [0.717, 1.165) is 62.0 Å². The predicted octanol–water partition coefficient (Wildman–Crippen LogP) is 8.45. The van der Waals surface area contributed by atoms with Crippen LogP contribution in [0.3, 0.4) is 0 Å². The van der Waals surface area contributed by atoms with Crippen molar-refractivity contribution in [1.29, 1.82) is 0 Å². The van der Waals surface area contributed by atoms with E-state index in [1.165, 1.54) is 68.0 Å². The van der Waals surface area contributed by atoms with Crippen LogP contribution in [0.25, 0.3) is 0 Å². The molecule has 143 heavy (non-hydrogen) atoms. The predicted molar refractivity (Wildman–Crippen MR) is 538 cm³/mol. The molecule has 13 N–H and O–H groups in total. The highest BCUT2D eigenvalue weighted by Crippen LogP contribution is 2.66. The molecule has 0 radical (unpaired) electrons. The Labute approximate surface area is 857 Å². The highest BCUT2D eigenvalue weighted by Gasteiger charge is 2.70. The minimum absolute atomic E-state index is 0.00716. The van der Waals surface area contributed by atoms with Crippen LogP contribution in [-0.2, 0) is 110 Å². The van der Waals surface area contributed by atoms with Gasteiger partial charge in [0.2, 0.25) is 47.3 Å². The molecule has 6 saturated carbocycles. The Balaban J connectivity index is 0.000000242. The third-order valence-electron chi connectivity index (χ3n) is 28.2. The molecule has 20 atom stereocenters. The normalized spacial score (nSPS) is 25.2. The van der Waals surface area contributed by atoms with E-state index in [2.05, 4.69) is 88.1 Å². The number of carbonyl (C=O) groups excluding carboxylic acids is 12. The molecule has 11 fully saturated rings. The lowest BCUT2D eigenvalue weighted by molar-refractivity contribution is -0.185. The molecule has 8 heterocycles. The number of ether oxygens (including phenoxy) is 4. The van der Waals surface area contributed by atoms with Crippen molar-refractivity contribution in [3.05, 3.63) is 54.7 Å². The fourth-order valence-electron chi connectivity index (χ4n) is 20.2. The van der Waals surface area contributed by atoms with Gasteiger partial charge in [-0.1, -0.05) is 69.2 Å². The molecule has 3 aromatic rings. The van der Waals surface area contributed by atoms with Crippen LogP contribution in [0.1, 0.15) is 281 Å². The molecule has 18 unspecified atom stereocenters. The van der Waals surface area contributed by atoms with Crippen LogP contribution < -0.4 is 38.1 Å². The first kappa shape index (κ1) is 120. The molecule has 40 nitrogen and oxygen atoms in total. The van der Waals surface area contributed by atoms with Gasteiger partial charge >= 0.3 is 56.4 Å². The lowest BCUT2D eigenvalue weighted by atomic mass is 9.45. The minimum Gasteiger partial charge on any atom is -0.480 e. The number of halogens is 3. The molecule has 5 saturated heterocycles. The standard InChI is InChI=1S/C39H62BN5O9.C20H31N3O7.C19H33BN2O3.C18H31BN6O5.BCl3/c1-22(2)30(34(49)45-15-13-14-28(45)40-53-31-27-18-25(38(27,10)11)19-39(31,12)54-40)43-32(47)23(3)42-33(48)24(17-29(46)51-36(4,5)6)16-26-20-44(21-41-26)35(50)52-37(7,8)9;1-12(17(26)27)22-16(25)13(9-15(24)29-19(2,3)4)8-14-10-23(11-21-14)18(28)30-20(5,6)7;1-11(2)15(21)17(23)22-8-6-7-14(22)20-24-16-13-9-12(18(13,3)4)10-19(16,5)25-20;1-10(2)15(18(28)25-6-4-5-14(25)19(29)30)24-16(26)11(3)23-17(27)13(20)7-12-8-21-9-22-12;2-1(3)4/h20-25,27-28,30-31H,13-19H2,1-12H3,(H,42,48)(H,43,47);10-13H,8-9H2,1-7H3,(H,22,25)(H,26,27);11-16H,6-10,21H2,1-5H3;8-11,13-15,29-30H,4-7,20H2,1-3H3,(H,21,22)(H,23,27)(H,24,26);/t23?,24?,25?,27?,28?,30?,31?,39-;;12?,13?,14?,15?,16?,19-;;/m0.0../s1. The Hall–Kier alpha value is -8.45. The molecule has 4 bridgehead atoms. The van der Waals surface area contributed by atoms with Gasteiger partial charge in [0.05, 0.1) is 95.7 Å². The molecule has 3 aromatic heterocycles. The van der Waals surface area contributed by atoms with Gasteiger partial charge in [-0.25, -0.2) is 33.7 Å². The number of carbonyl (C=O) groups is 13. The number of carboxylic acids is 1. The third kappa shape index (κ3) is 32.5. The summed E-state index contributed by atoms with van der Waals surface area (Å²) >= 11 is 14.4. The molecule has 0 spiro atoms. The number of imidazole rings is 3. The number of aliphatic carboxylic acids is 1. The maximum atomic E-state index is 14.2. The van der Waals surface area contributed by atoms with Crippen LogP contribution in [0.15, 0.2) is 37.6 Å². The van der Waals surface area contributed by atoms with E-state index >= 15 is 0 Å². The Kier molecular flexibility index (Phi) is 41.1. The largest absolute Gasteiger partial charge is 0.481 e. The number of nitrogens with one attached hydrogen (secondary N) is 6. The highest BCUT2D eigenvalue weighted by atomic mass is 35.6. The van der Waals surface area contributed by atoms with Gasteiger partial charge in [0.1, 0.15) is 65.3 Å². The number of H-pyrrole nitrogens is 1. The molecule has 14 rings (SSSR count). The third-order valence-corrected chi connectivity index (χ3v) is 28.2. The van der Waals surface area contributed by atoms with Crippen LogP contribution in [0.5, 0.6) is 0 Å². The summed E-state index contributed by atoms with van der Waals surface area (Å²) in [5, 5.41) is 41.3. The van der Waals surface area contributed by atoms with Gasteiger partial charge in [-0.05, 0) is 234 Å². The highest BCUT2D eigenvalue weighted by molar-refractivity contribution is 7.54. The zero-order valence-electron chi connectivity index (χ0n) is 88.4. The number of carboxylic acid groups (broad SMARTS) is 1. The van der Waals surface area contributed by atoms with Gasteiger partial charge in [0.25, 0.3) is 0 Å². The van der Waals surface area contributed by atoms with Crippen molar-refractivity contribution in [2.24, 2.45) is 75.6 Å². The first-order chi connectivity index (χ1) is 65.9. The van der Waals surface area contributed by atoms with Gasteiger partial charge in [-0.2, -0.15) is 34.4 Å². The zero-order chi connectivity index (χ0) is 108. The van der Waals surface area contributed by atoms with Crippen LogP contribution in [0.4, 0.5) is 9.59 Å². The number of hydrogen-bond acceptors (Lipinski definition) is 28. The van der Waals surface area contributed by atoms with Crippen LogP contribution in [0.2, 0.25) is 0 Å². The molecule has 6 aliphatic carbocycles. The number of aromatic amines is 1. The number of amides is 8. The van der Waals surface area contributed by atoms with Gasteiger partial charge in [-0.3, -0.25) is 52.7 Å². The zero-order valence-corrected chi connectivity index (χ0v) is 90.7. The minimum atomic E-state index is -1.63. The summed E-state index contributed by atoms with van der Waals surface area (Å²) in [6.07, 6.45) is 16.1. The van der Waals surface area contributed by atoms with Crippen molar-refractivity contribution in [2.45, 2.75) is 389 Å². The molecule has 798 valence electrons. The van der Waals surface area contributed by atoms with E-state index in [4.69, 9.17) is 88.5 Å². The number of rotatable bonds is 30. The summed E-state index contributed by atoms with van der Waals surface area (Å²) in [6, 6.07) is -6.07.